The molecule has 0 saturated carbocycles. The summed E-state index contributed by atoms with van der Waals surface area (Å²) in [7, 11) is 1.89. The van der Waals surface area contributed by atoms with Crippen LogP contribution < -0.4 is 5.32 Å². The van der Waals surface area contributed by atoms with Crippen LogP contribution in [0.15, 0.2) is 30.6 Å². The molecule has 1 heterocycles. The Labute approximate surface area is 110 Å². The number of nitrogens with one attached hydrogen (secondary N) is 1. The maximum absolute atomic E-state index is 6.10. The van der Waals surface area contributed by atoms with Gasteiger partial charge in [-0.2, -0.15) is 5.10 Å². The van der Waals surface area contributed by atoms with Crippen molar-refractivity contribution in [1.29, 1.82) is 0 Å². The highest BCUT2D eigenvalue weighted by atomic mass is 35.5. The molecule has 0 amide bonds. The van der Waals surface area contributed by atoms with E-state index in [1.54, 1.807) is 4.68 Å². The van der Waals surface area contributed by atoms with Crippen LogP contribution in [-0.4, -0.2) is 9.78 Å². The Bertz CT molecular complexity index is 502. The number of anilines is 1. The van der Waals surface area contributed by atoms with Gasteiger partial charge in [-0.05, 0) is 19.1 Å². The van der Waals surface area contributed by atoms with Crippen LogP contribution >= 0.6 is 23.2 Å². The van der Waals surface area contributed by atoms with Crippen molar-refractivity contribution in [3.63, 3.8) is 0 Å². The Balaban J connectivity index is 2.21. The first-order chi connectivity index (χ1) is 8.08. The number of halogens is 2. The molecule has 2 rings (SSSR count). The van der Waals surface area contributed by atoms with Crippen molar-refractivity contribution in [1.82, 2.24) is 9.78 Å². The summed E-state index contributed by atoms with van der Waals surface area (Å²) < 4.78 is 1.77. The zero-order valence-corrected chi connectivity index (χ0v) is 11.1. The molecular formula is C12H13Cl2N3. The SMILES string of the molecule is CC(Nc1c(Cl)cccc1Cl)c1cnn(C)c1. The molecule has 3 nitrogen and oxygen atoms in total. The molecule has 0 saturated heterocycles. The minimum absolute atomic E-state index is 0.0982. The van der Waals surface area contributed by atoms with Gasteiger partial charge in [-0.15, -0.1) is 0 Å². The van der Waals surface area contributed by atoms with E-state index in [4.69, 9.17) is 23.2 Å². The third-order valence-electron chi connectivity index (χ3n) is 2.55. The zero-order chi connectivity index (χ0) is 12.4. The molecule has 0 radical (unpaired) electrons. The average Bonchev–Trinajstić information content (AvgIpc) is 2.70. The maximum Gasteiger partial charge on any atom is 0.0723 e. The summed E-state index contributed by atoms with van der Waals surface area (Å²) in [6.45, 7) is 2.04. The first-order valence-corrected chi connectivity index (χ1v) is 6.02. The Kier molecular flexibility index (Phi) is 3.60. The van der Waals surface area contributed by atoms with Crippen molar-refractivity contribution in [2.45, 2.75) is 13.0 Å². The van der Waals surface area contributed by atoms with E-state index in [9.17, 15) is 0 Å². The molecule has 2 aromatic rings. The first-order valence-electron chi connectivity index (χ1n) is 5.27. The van der Waals surface area contributed by atoms with Crippen molar-refractivity contribution < 1.29 is 0 Å². The highest BCUT2D eigenvalue weighted by Crippen LogP contribution is 2.32. The second-order valence-corrected chi connectivity index (χ2v) is 4.72. The van der Waals surface area contributed by atoms with Gasteiger partial charge in [0.05, 0.1) is 28.0 Å². The Morgan fingerprint density at radius 3 is 2.47 bits per heavy atom. The van der Waals surface area contributed by atoms with Gasteiger partial charge in [0.15, 0.2) is 0 Å². The summed E-state index contributed by atoms with van der Waals surface area (Å²) in [5.74, 6) is 0. The van der Waals surface area contributed by atoms with E-state index in [2.05, 4.69) is 10.4 Å². The molecule has 0 fully saturated rings. The average molecular weight is 270 g/mol. The molecule has 0 aliphatic heterocycles. The van der Waals surface area contributed by atoms with Gasteiger partial charge in [0.2, 0.25) is 0 Å². The maximum atomic E-state index is 6.10. The van der Waals surface area contributed by atoms with Crippen LogP contribution in [0.3, 0.4) is 0 Å². The molecule has 0 spiro atoms. The fourth-order valence-electron chi connectivity index (χ4n) is 1.60. The molecule has 17 heavy (non-hydrogen) atoms. The van der Waals surface area contributed by atoms with Crippen LogP contribution in [0.4, 0.5) is 5.69 Å². The van der Waals surface area contributed by atoms with Crippen molar-refractivity contribution in [3.8, 4) is 0 Å². The van der Waals surface area contributed by atoms with E-state index >= 15 is 0 Å². The lowest BCUT2D eigenvalue weighted by molar-refractivity contribution is 0.765. The van der Waals surface area contributed by atoms with Gasteiger partial charge in [0.25, 0.3) is 0 Å². The normalized spacial score (nSPS) is 12.5. The van der Waals surface area contributed by atoms with Gasteiger partial charge in [0.1, 0.15) is 0 Å². The first kappa shape index (κ1) is 12.3. The van der Waals surface area contributed by atoms with E-state index < -0.39 is 0 Å². The van der Waals surface area contributed by atoms with Crippen molar-refractivity contribution in [2.75, 3.05) is 5.32 Å². The van der Waals surface area contributed by atoms with Crippen LogP contribution in [0.25, 0.3) is 0 Å². The van der Waals surface area contributed by atoms with Crippen molar-refractivity contribution in [2.24, 2.45) is 7.05 Å². The van der Waals surface area contributed by atoms with E-state index in [1.165, 1.54) is 0 Å². The largest absolute Gasteiger partial charge is 0.376 e. The number of para-hydroxylation sites is 1. The minimum Gasteiger partial charge on any atom is -0.376 e. The molecule has 0 bridgehead atoms. The number of rotatable bonds is 3. The summed E-state index contributed by atoms with van der Waals surface area (Å²) in [4.78, 5) is 0. The van der Waals surface area contributed by atoms with Gasteiger partial charge in [0, 0.05) is 18.8 Å². The fourth-order valence-corrected chi connectivity index (χ4v) is 2.11. The topological polar surface area (TPSA) is 29.9 Å². The molecule has 1 aromatic heterocycles. The predicted molar refractivity (Wildman–Crippen MR) is 71.7 cm³/mol. The van der Waals surface area contributed by atoms with E-state index in [0.29, 0.717) is 10.0 Å². The highest BCUT2D eigenvalue weighted by molar-refractivity contribution is 6.39. The highest BCUT2D eigenvalue weighted by Gasteiger charge is 2.11. The summed E-state index contributed by atoms with van der Waals surface area (Å²) in [5.41, 5.74) is 1.84. The van der Waals surface area contributed by atoms with E-state index in [1.807, 2.05) is 44.6 Å². The summed E-state index contributed by atoms with van der Waals surface area (Å²) in [6, 6.07) is 5.54. The van der Waals surface area contributed by atoms with Crippen molar-refractivity contribution in [3.05, 3.63) is 46.2 Å². The smallest absolute Gasteiger partial charge is 0.0723 e. The summed E-state index contributed by atoms with van der Waals surface area (Å²) >= 11 is 12.2. The van der Waals surface area contributed by atoms with Gasteiger partial charge in [-0.1, -0.05) is 29.3 Å². The zero-order valence-electron chi connectivity index (χ0n) is 9.61. The Morgan fingerprint density at radius 2 is 1.94 bits per heavy atom. The summed E-state index contributed by atoms with van der Waals surface area (Å²) in [6.07, 6.45) is 3.78. The van der Waals surface area contributed by atoms with Crippen LogP contribution in [0.5, 0.6) is 0 Å². The number of nitrogens with zero attached hydrogens (tertiary/aromatic N) is 2. The lowest BCUT2D eigenvalue weighted by atomic mass is 10.2. The van der Waals surface area contributed by atoms with Crippen LogP contribution in [0.2, 0.25) is 10.0 Å². The minimum atomic E-state index is 0.0982. The number of aromatic nitrogens is 2. The lowest BCUT2D eigenvalue weighted by Gasteiger charge is -2.16. The number of hydrogen-bond acceptors (Lipinski definition) is 2. The number of hydrogen-bond donors (Lipinski definition) is 1. The number of aryl methyl sites for hydroxylation is 1. The fraction of sp³-hybridized carbons (Fsp3) is 0.250. The molecule has 0 aliphatic carbocycles. The third kappa shape index (κ3) is 2.73. The quantitative estimate of drug-likeness (QED) is 0.916. The third-order valence-corrected chi connectivity index (χ3v) is 3.18. The van der Waals surface area contributed by atoms with Crippen LogP contribution in [0.1, 0.15) is 18.5 Å². The molecule has 1 atom stereocenters. The van der Waals surface area contributed by atoms with Gasteiger partial charge in [-0.3, -0.25) is 4.68 Å². The van der Waals surface area contributed by atoms with Crippen LogP contribution in [0, 0.1) is 0 Å². The number of benzene rings is 1. The van der Waals surface area contributed by atoms with Gasteiger partial charge in [-0.25, -0.2) is 0 Å². The second-order valence-electron chi connectivity index (χ2n) is 3.91. The predicted octanol–water partition coefficient (Wildman–Crippen LogP) is 3.90. The molecule has 1 N–H and O–H groups in total. The van der Waals surface area contributed by atoms with Gasteiger partial charge >= 0.3 is 0 Å². The van der Waals surface area contributed by atoms with Gasteiger partial charge < -0.3 is 5.32 Å². The Hall–Kier alpha value is -1.19. The molecule has 5 heteroatoms. The summed E-state index contributed by atoms with van der Waals surface area (Å²) in [5, 5.41) is 8.66. The monoisotopic (exact) mass is 269 g/mol. The Morgan fingerprint density at radius 1 is 1.29 bits per heavy atom. The standard InChI is InChI=1S/C12H13Cl2N3/c1-8(9-6-15-17(2)7-9)16-12-10(13)4-3-5-11(12)14/h3-8,16H,1-2H3. The second kappa shape index (κ2) is 4.98. The molecule has 90 valence electrons. The van der Waals surface area contributed by atoms with E-state index in [0.717, 1.165) is 11.3 Å². The molecule has 1 unspecified atom stereocenters. The lowest BCUT2D eigenvalue weighted by Crippen LogP contribution is -2.06. The van der Waals surface area contributed by atoms with Crippen molar-refractivity contribution >= 4 is 28.9 Å². The van der Waals surface area contributed by atoms with Crippen LogP contribution in [-0.2, 0) is 7.05 Å². The molecule has 0 aliphatic rings. The molecular weight excluding hydrogens is 257 g/mol. The molecule has 1 aromatic carbocycles. The van der Waals surface area contributed by atoms with E-state index in [-0.39, 0.29) is 6.04 Å².